The minimum atomic E-state index is -0.0277. The van der Waals surface area contributed by atoms with Crippen LogP contribution in [0.3, 0.4) is 0 Å². The van der Waals surface area contributed by atoms with Crippen LogP contribution in [0.25, 0.3) is 0 Å². The van der Waals surface area contributed by atoms with Gasteiger partial charge in [0.2, 0.25) is 5.91 Å². The Kier molecular flexibility index (Phi) is 4.93. The van der Waals surface area contributed by atoms with E-state index >= 15 is 0 Å². The standard InChI is InChI=1S/C14H23N3OS/c1-4-7-15-11-6-5-8-17(13(11)18)14-16-12(9-19-14)10(2)3/h9-11,15H,4-8H2,1-3H3. The number of anilines is 1. The average molecular weight is 281 g/mol. The number of nitrogens with one attached hydrogen (secondary N) is 1. The highest BCUT2D eigenvalue weighted by Crippen LogP contribution is 2.27. The Morgan fingerprint density at radius 1 is 1.58 bits per heavy atom. The van der Waals surface area contributed by atoms with E-state index < -0.39 is 0 Å². The molecule has 4 nitrogen and oxygen atoms in total. The molecule has 0 radical (unpaired) electrons. The highest BCUT2D eigenvalue weighted by atomic mass is 32.1. The summed E-state index contributed by atoms with van der Waals surface area (Å²) in [5, 5.41) is 6.26. The first kappa shape index (κ1) is 14.5. The van der Waals surface area contributed by atoms with Gasteiger partial charge in [-0.1, -0.05) is 20.8 Å². The largest absolute Gasteiger partial charge is 0.306 e. The molecule has 1 N–H and O–H groups in total. The predicted molar refractivity (Wildman–Crippen MR) is 79.9 cm³/mol. The van der Waals surface area contributed by atoms with Crippen LogP contribution in [0.4, 0.5) is 5.13 Å². The lowest BCUT2D eigenvalue weighted by atomic mass is 10.1. The predicted octanol–water partition coefficient (Wildman–Crippen LogP) is 2.76. The van der Waals surface area contributed by atoms with Crippen LogP contribution in [0.5, 0.6) is 0 Å². The molecule has 0 spiro atoms. The van der Waals surface area contributed by atoms with Crippen LogP contribution >= 0.6 is 11.3 Å². The lowest BCUT2D eigenvalue weighted by Gasteiger charge is -2.31. The van der Waals surface area contributed by atoms with E-state index in [4.69, 9.17) is 0 Å². The number of amides is 1. The highest BCUT2D eigenvalue weighted by molar-refractivity contribution is 7.14. The van der Waals surface area contributed by atoms with Gasteiger partial charge in [0, 0.05) is 11.9 Å². The SMILES string of the molecule is CCCNC1CCCN(c2nc(C(C)C)cs2)C1=O. The summed E-state index contributed by atoms with van der Waals surface area (Å²) in [6.07, 6.45) is 3.04. The van der Waals surface area contributed by atoms with Gasteiger partial charge in [-0.05, 0) is 31.7 Å². The van der Waals surface area contributed by atoms with Gasteiger partial charge in [-0.2, -0.15) is 0 Å². The number of thiazole rings is 1. The van der Waals surface area contributed by atoms with Crippen molar-refractivity contribution in [3.63, 3.8) is 0 Å². The molecule has 5 heteroatoms. The summed E-state index contributed by atoms with van der Waals surface area (Å²) in [6, 6.07) is -0.0277. The summed E-state index contributed by atoms with van der Waals surface area (Å²) >= 11 is 1.58. The van der Waals surface area contributed by atoms with E-state index in [1.54, 1.807) is 11.3 Å². The number of piperidine rings is 1. The highest BCUT2D eigenvalue weighted by Gasteiger charge is 2.30. The molecular weight excluding hydrogens is 258 g/mol. The van der Waals surface area contributed by atoms with Crippen molar-refractivity contribution in [3.8, 4) is 0 Å². The maximum atomic E-state index is 12.4. The molecule has 0 bridgehead atoms. The zero-order valence-corrected chi connectivity index (χ0v) is 12.8. The van der Waals surface area contributed by atoms with Crippen molar-refractivity contribution in [2.45, 2.75) is 52.0 Å². The van der Waals surface area contributed by atoms with E-state index in [-0.39, 0.29) is 11.9 Å². The quantitative estimate of drug-likeness (QED) is 0.902. The van der Waals surface area contributed by atoms with Crippen LogP contribution in [0, 0.1) is 0 Å². The van der Waals surface area contributed by atoms with Crippen molar-refractivity contribution >= 4 is 22.4 Å². The molecule has 1 atom stereocenters. The third-order valence-corrected chi connectivity index (χ3v) is 4.29. The molecule has 0 aromatic carbocycles. The Hall–Kier alpha value is -0.940. The molecule has 1 aliphatic heterocycles. The zero-order chi connectivity index (χ0) is 13.8. The third-order valence-electron chi connectivity index (χ3n) is 3.41. The summed E-state index contributed by atoms with van der Waals surface area (Å²) in [5.41, 5.74) is 1.08. The Bertz CT molecular complexity index is 430. The molecule has 1 amide bonds. The van der Waals surface area contributed by atoms with Gasteiger partial charge in [0.1, 0.15) is 0 Å². The number of hydrogen-bond donors (Lipinski definition) is 1. The molecule has 2 rings (SSSR count). The second-order valence-electron chi connectivity index (χ2n) is 5.35. The van der Waals surface area contributed by atoms with Crippen molar-refractivity contribution in [1.82, 2.24) is 10.3 Å². The second kappa shape index (κ2) is 6.48. The lowest BCUT2D eigenvalue weighted by Crippen LogP contribution is -2.51. The smallest absolute Gasteiger partial charge is 0.245 e. The molecule has 1 unspecified atom stereocenters. The molecule has 1 aromatic rings. The number of carbonyl (C=O) groups is 1. The first-order valence-corrected chi connectivity index (χ1v) is 8.01. The molecule has 19 heavy (non-hydrogen) atoms. The Morgan fingerprint density at radius 3 is 3.00 bits per heavy atom. The Balaban J connectivity index is 2.07. The molecule has 1 aromatic heterocycles. The first-order chi connectivity index (χ1) is 9.13. The number of aromatic nitrogens is 1. The molecular formula is C14H23N3OS. The van der Waals surface area contributed by atoms with Crippen LogP contribution in [0.1, 0.15) is 51.6 Å². The van der Waals surface area contributed by atoms with E-state index in [0.717, 1.165) is 43.2 Å². The molecule has 1 saturated heterocycles. The van der Waals surface area contributed by atoms with Gasteiger partial charge in [-0.15, -0.1) is 11.3 Å². The maximum Gasteiger partial charge on any atom is 0.245 e. The van der Waals surface area contributed by atoms with Gasteiger partial charge in [0.25, 0.3) is 0 Å². The molecule has 1 aliphatic rings. The molecule has 0 aliphatic carbocycles. The van der Waals surface area contributed by atoms with Crippen LogP contribution in [0.15, 0.2) is 5.38 Å². The van der Waals surface area contributed by atoms with Gasteiger partial charge in [-0.3, -0.25) is 9.69 Å². The van der Waals surface area contributed by atoms with Crippen LogP contribution < -0.4 is 10.2 Å². The van der Waals surface area contributed by atoms with Crippen LogP contribution in [-0.4, -0.2) is 30.0 Å². The van der Waals surface area contributed by atoms with E-state index in [9.17, 15) is 4.79 Å². The lowest BCUT2D eigenvalue weighted by molar-refractivity contribution is -0.121. The van der Waals surface area contributed by atoms with E-state index in [2.05, 4.69) is 36.5 Å². The molecule has 106 valence electrons. The summed E-state index contributed by atoms with van der Waals surface area (Å²) in [6.45, 7) is 8.08. The van der Waals surface area contributed by atoms with Crippen molar-refractivity contribution < 1.29 is 4.79 Å². The van der Waals surface area contributed by atoms with Crippen molar-refractivity contribution in [3.05, 3.63) is 11.1 Å². The number of carbonyl (C=O) groups excluding carboxylic acids is 1. The fraction of sp³-hybridized carbons (Fsp3) is 0.714. The van der Waals surface area contributed by atoms with Gasteiger partial charge in [0.15, 0.2) is 5.13 Å². The minimum Gasteiger partial charge on any atom is -0.306 e. The Labute approximate surface area is 119 Å². The summed E-state index contributed by atoms with van der Waals surface area (Å²) in [5.74, 6) is 0.600. The average Bonchev–Trinajstić information content (AvgIpc) is 2.87. The first-order valence-electron chi connectivity index (χ1n) is 7.13. The van der Waals surface area contributed by atoms with Crippen LogP contribution in [0.2, 0.25) is 0 Å². The summed E-state index contributed by atoms with van der Waals surface area (Å²) < 4.78 is 0. The monoisotopic (exact) mass is 281 g/mol. The maximum absolute atomic E-state index is 12.4. The van der Waals surface area contributed by atoms with E-state index in [1.165, 1.54) is 0 Å². The topological polar surface area (TPSA) is 45.2 Å². The molecule has 1 fully saturated rings. The van der Waals surface area contributed by atoms with Crippen molar-refractivity contribution in [2.75, 3.05) is 18.0 Å². The zero-order valence-electron chi connectivity index (χ0n) is 12.0. The van der Waals surface area contributed by atoms with Crippen molar-refractivity contribution in [1.29, 1.82) is 0 Å². The molecule has 2 heterocycles. The Morgan fingerprint density at radius 2 is 2.37 bits per heavy atom. The third kappa shape index (κ3) is 3.34. The number of hydrogen-bond acceptors (Lipinski definition) is 4. The normalized spacial score (nSPS) is 20.3. The molecule has 0 saturated carbocycles. The van der Waals surface area contributed by atoms with Gasteiger partial charge in [-0.25, -0.2) is 4.98 Å². The number of nitrogens with zero attached hydrogens (tertiary/aromatic N) is 2. The number of rotatable bonds is 5. The van der Waals surface area contributed by atoms with Gasteiger partial charge >= 0.3 is 0 Å². The summed E-state index contributed by atoms with van der Waals surface area (Å²) in [7, 11) is 0. The van der Waals surface area contributed by atoms with Crippen molar-refractivity contribution in [2.24, 2.45) is 0 Å². The van der Waals surface area contributed by atoms with E-state index in [1.807, 2.05) is 4.90 Å². The van der Waals surface area contributed by atoms with Gasteiger partial charge < -0.3 is 5.32 Å². The fourth-order valence-corrected chi connectivity index (χ4v) is 3.26. The van der Waals surface area contributed by atoms with E-state index in [0.29, 0.717) is 5.92 Å². The minimum absolute atomic E-state index is 0.0277. The van der Waals surface area contributed by atoms with Gasteiger partial charge in [0.05, 0.1) is 11.7 Å². The summed E-state index contributed by atoms with van der Waals surface area (Å²) in [4.78, 5) is 18.9. The second-order valence-corrected chi connectivity index (χ2v) is 6.19. The van der Waals surface area contributed by atoms with Crippen LogP contribution in [-0.2, 0) is 4.79 Å². The fourth-order valence-electron chi connectivity index (χ4n) is 2.24.